The molecule has 1 heterocycles. The molecule has 0 unspecified atom stereocenters. The Kier molecular flexibility index (Phi) is 3.45. The molecule has 0 amide bonds. The second-order valence-electron chi connectivity index (χ2n) is 5.42. The topological polar surface area (TPSA) is 69.4 Å². The molecule has 0 spiro atoms. The van der Waals surface area contributed by atoms with Crippen LogP contribution in [0.3, 0.4) is 0 Å². The molecule has 2 N–H and O–H groups in total. The number of nitrogens with zero attached hydrogens (tertiary/aromatic N) is 1. The van der Waals surface area contributed by atoms with E-state index < -0.39 is 5.97 Å². The largest absolute Gasteiger partial charge is 0.545 e. The Labute approximate surface area is 107 Å². The van der Waals surface area contributed by atoms with Crippen LogP contribution in [0.25, 0.3) is 0 Å². The summed E-state index contributed by atoms with van der Waals surface area (Å²) in [4.78, 5) is 13.3. The molecule has 0 saturated carbocycles. The van der Waals surface area contributed by atoms with Crippen molar-refractivity contribution in [2.75, 3.05) is 23.7 Å². The van der Waals surface area contributed by atoms with Gasteiger partial charge < -0.3 is 20.5 Å². The van der Waals surface area contributed by atoms with Crippen molar-refractivity contribution < 1.29 is 9.90 Å². The lowest BCUT2D eigenvalue weighted by molar-refractivity contribution is -0.254. The molecule has 1 aliphatic heterocycles. The van der Waals surface area contributed by atoms with Gasteiger partial charge in [-0.2, -0.15) is 0 Å². The molecule has 0 aliphatic carbocycles. The van der Waals surface area contributed by atoms with Gasteiger partial charge in [0.15, 0.2) is 0 Å². The number of carboxylic acids is 1. The van der Waals surface area contributed by atoms with Crippen LogP contribution in [-0.4, -0.2) is 19.1 Å². The van der Waals surface area contributed by atoms with Crippen LogP contribution in [0.15, 0.2) is 18.2 Å². The van der Waals surface area contributed by atoms with Crippen LogP contribution in [0.1, 0.15) is 30.6 Å². The number of carboxylic acid groups (broad SMARTS) is 1. The molecule has 0 bridgehead atoms. The van der Waals surface area contributed by atoms with Gasteiger partial charge in [0.2, 0.25) is 0 Å². The van der Waals surface area contributed by atoms with Gasteiger partial charge in [-0.25, -0.2) is 0 Å². The van der Waals surface area contributed by atoms with Crippen LogP contribution >= 0.6 is 0 Å². The number of nitrogen functional groups attached to an aromatic ring is 1. The van der Waals surface area contributed by atoms with E-state index in [1.54, 1.807) is 12.1 Å². The molecular formula is C14H19N2O2-. The first kappa shape index (κ1) is 12.7. The summed E-state index contributed by atoms with van der Waals surface area (Å²) in [7, 11) is 0. The van der Waals surface area contributed by atoms with E-state index in [1.165, 1.54) is 12.5 Å². The maximum Gasteiger partial charge on any atom is 0.0736 e. The van der Waals surface area contributed by atoms with Gasteiger partial charge in [0.1, 0.15) is 0 Å². The molecule has 0 aromatic heterocycles. The molecule has 18 heavy (non-hydrogen) atoms. The van der Waals surface area contributed by atoms with Crippen molar-refractivity contribution in [2.24, 2.45) is 11.8 Å². The van der Waals surface area contributed by atoms with E-state index in [1.807, 2.05) is 0 Å². The van der Waals surface area contributed by atoms with E-state index >= 15 is 0 Å². The highest BCUT2D eigenvalue weighted by Crippen LogP contribution is 2.29. The summed E-state index contributed by atoms with van der Waals surface area (Å²) in [5, 5.41) is 11.2. The number of carbonyl (C=O) groups is 1. The second-order valence-corrected chi connectivity index (χ2v) is 5.42. The van der Waals surface area contributed by atoms with Crippen molar-refractivity contribution in [2.45, 2.75) is 20.3 Å². The minimum Gasteiger partial charge on any atom is -0.545 e. The molecular weight excluding hydrogens is 228 g/mol. The Hall–Kier alpha value is -1.71. The fourth-order valence-electron chi connectivity index (χ4n) is 2.85. The van der Waals surface area contributed by atoms with Gasteiger partial charge in [-0.05, 0) is 36.5 Å². The molecule has 1 aliphatic rings. The number of hydrogen-bond donors (Lipinski definition) is 1. The Morgan fingerprint density at radius 2 is 1.94 bits per heavy atom. The molecule has 1 aromatic rings. The summed E-state index contributed by atoms with van der Waals surface area (Å²) in [6.07, 6.45) is 1.19. The molecule has 1 aromatic carbocycles. The number of hydrogen-bond acceptors (Lipinski definition) is 4. The van der Waals surface area contributed by atoms with Crippen LogP contribution in [-0.2, 0) is 0 Å². The summed E-state index contributed by atoms with van der Waals surface area (Å²) in [5.74, 6) is -0.0232. The first-order chi connectivity index (χ1) is 8.47. The molecule has 2 atom stereocenters. The Morgan fingerprint density at radius 1 is 1.33 bits per heavy atom. The Bertz CT molecular complexity index is 449. The van der Waals surface area contributed by atoms with E-state index in [-0.39, 0.29) is 5.56 Å². The smallest absolute Gasteiger partial charge is 0.0736 e. The third-order valence-corrected chi connectivity index (χ3v) is 3.45. The highest BCUT2D eigenvalue weighted by Gasteiger charge is 2.23. The quantitative estimate of drug-likeness (QED) is 0.795. The van der Waals surface area contributed by atoms with Crippen LogP contribution in [0.5, 0.6) is 0 Å². The highest BCUT2D eigenvalue weighted by atomic mass is 16.4. The first-order valence-corrected chi connectivity index (χ1v) is 6.33. The van der Waals surface area contributed by atoms with Crippen LogP contribution in [0, 0.1) is 11.8 Å². The summed E-state index contributed by atoms with van der Waals surface area (Å²) >= 11 is 0. The average Bonchev–Trinajstić information content (AvgIpc) is 2.27. The van der Waals surface area contributed by atoms with Crippen molar-refractivity contribution in [1.82, 2.24) is 0 Å². The summed E-state index contributed by atoms with van der Waals surface area (Å²) in [6.45, 7) is 6.15. The number of rotatable bonds is 2. The molecule has 0 radical (unpaired) electrons. The molecule has 1 fully saturated rings. The number of benzene rings is 1. The first-order valence-electron chi connectivity index (χ1n) is 6.33. The predicted octanol–water partition coefficient (Wildman–Crippen LogP) is 1.11. The van der Waals surface area contributed by atoms with Gasteiger partial charge in [0.05, 0.1) is 5.97 Å². The SMILES string of the molecule is C[C@@H]1C[C@@H](C)CN(c2ccc(N)cc2C(=O)[O-])C1. The summed E-state index contributed by atoms with van der Waals surface area (Å²) in [5.41, 5.74) is 7.01. The normalized spacial score (nSPS) is 24.0. The van der Waals surface area contributed by atoms with Crippen molar-refractivity contribution >= 4 is 17.3 Å². The fourth-order valence-corrected chi connectivity index (χ4v) is 2.85. The van der Waals surface area contributed by atoms with Gasteiger partial charge in [0.25, 0.3) is 0 Å². The zero-order valence-electron chi connectivity index (χ0n) is 10.8. The molecule has 4 heteroatoms. The van der Waals surface area contributed by atoms with Crippen molar-refractivity contribution in [1.29, 1.82) is 0 Å². The lowest BCUT2D eigenvalue weighted by Crippen LogP contribution is -2.40. The standard InChI is InChI=1S/C14H20N2O2/c1-9-5-10(2)8-16(7-9)13-4-3-11(15)6-12(13)14(17)18/h3-4,6,9-10H,5,7-8,15H2,1-2H3,(H,17,18)/p-1/t9-,10-/m1/s1. The van der Waals surface area contributed by atoms with Crippen LogP contribution in [0.2, 0.25) is 0 Å². The third kappa shape index (κ3) is 2.58. The van der Waals surface area contributed by atoms with Gasteiger partial charge in [-0.1, -0.05) is 13.8 Å². The van der Waals surface area contributed by atoms with Gasteiger partial charge in [-0.15, -0.1) is 0 Å². The number of carbonyl (C=O) groups excluding carboxylic acids is 1. The van der Waals surface area contributed by atoms with E-state index in [2.05, 4.69) is 18.7 Å². The van der Waals surface area contributed by atoms with E-state index in [0.717, 1.165) is 18.8 Å². The second kappa shape index (κ2) is 4.88. The molecule has 2 rings (SSSR count). The average molecular weight is 247 g/mol. The Morgan fingerprint density at radius 3 is 2.50 bits per heavy atom. The lowest BCUT2D eigenvalue weighted by Gasteiger charge is -2.37. The monoisotopic (exact) mass is 247 g/mol. The van der Waals surface area contributed by atoms with Gasteiger partial charge in [0, 0.05) is 30.0 Å². The van der Waals surface area contributed by atoms with Crippen LogP contribution in [0.4, 0.5) is 11.4 Å². The van der Waals surface area contributed by atoms with Crippen molar-refractivity contribution in [3.63, 3.8) is 0 Å². The lowest BCUT2D eigenvalue weighted by atomic mass is 9.91. The highest BCUT2D eigenvalue weighted by molar-refractivity contribution is 5.94. The van der Waals surface area contributed by atoms with Crippen molar-refractivity contribution in [3.8, 4) is 0 Å². The number of piperidine rings is 1. The van der Waals surface area contributed by atoms with Crippen molar-refractivity contribution in [3.05, 3.63) is 23.8 Å². The molecule has 1 saturated heterocycles. The minimum atomic E-state index is -1.16. The number of aromatic carboxylic acids is 1. The van der Waals surface area contributed by atoms with E-state index in [4.69, 9.17) is 5.73 Å². The van der Waals surface area contributed by atoms with E-state index in [9.17, 15) is 9.90 Å². The summed E-state index contributed by atoms with van der Waals surface area (Å²) in [6, 6.07) is 5.01. The fraction of sp³-hybridized carbons (Fsp3) is 0.500. The zero-order chi connectivity index (χ0) is 13.3. The van der Waals surface area contributed by atoms with E-state index in [0.29, 0.717) is 17.5 Å². The predicted molar refractivity (Wildman–Crippen MR) is 70.3 cm³/mol. The molecule has 4 nitrogen and oxygen atoms in total. The summed E-state index contributed by atoms with van der Waals surface area (Å²) < 4.78 is 0. The number of nitrogens with two attached hydrogens (primary N) is 1. The maximum atomic E-state index is 11.2. The Balaban J connectivity index is 2.35. The van der Waals surface area contributed by atoms with Gasteiger partial charge >= 0.3 is 0 Å². The minimum absolute atomic E-state index is 0.191. The van der Waals surface area contributed by atoms with Crippen LogP contribution < -0.4 is 15.7 Å². The molecule has 98 valence electrons. The maximum absolute atomic E-state index is 11.2. The van der Waals surface area contributed by atoms with Gasteiger partial charge in [-0.3, -0.25) is 0 Å². The zero-order valence-corrected chi connectivity index (χ0v) is 10.8. The number of anilines is 2. The third-order valence-electron chi connectivity index (χ3n) is 3.45.